The van der Waals surface area contributed by atoms with Crippen LogP contribution >= 0.6 is 11.6 Å². The molecular weight excluding hydrogens is 530 g/mol. The Labute approximate surface area is 238 Å². The standard InChI is InChI=1S/C32H32ClNO6/c1-20-27(31(35)36)29(25-15-10-16-26(33)19-25)28(32(37)38)21(2)34(20)22(3)39-17-18-40-30(23-11-6-4-7-12-23)24-13-8-5-9-14-24/h4-16,19,22,29-30H,17-18H2,1-3H3,(H,35,36)(H,37,38). The largest absolute Gasteiger partial charge is 0.478 e. The fraction of sp³-hybridized carbons (Fsp3) is 0.250. The van der Waals surface area contributed by atoms with Gasteiger partial charge in [0.15, 0.2) is 0 Å². The zero-order chi connectivity index (χ0) is 28.8. The summed E-state index contributed by atoms with van der Waals surface area (Å²) in [6.07, 6.45) is -0.935. The molecule has 0 radical (unpaired) electrons. The molecule has 3 aromatic rings. The average Bonchev–Trinajstić information content (AvgIpc) is 2.93. The number of carboxylic acid groups (broad SMARTS) is 2. The molecule has 4 rings (SSSR count). The number of carbonyl (C=O) groups is 2. The topological polar surface area (TPSA) is 96.3 Å². The van der Waals surface area contributed by atoms with E-state index in [1.165, 1.54) is 0 Å². The zero-order valence-electron chi connectivity index (χ0n) is 22.6. The van der Waals surface area contributed by atoms with Crippen molar-refractivity contribution in [3.63, 3.8) is 0 Å². The third kappa shape index (κ3) is 6.28. The maximum absolute atomic E-state index is 12.5. The molecule has 1 atom stereocenters. The molecule has 2 N–H and O–H groups in total. The van der Waals surface area contributed by atoms with Crippen molar-refractivity contribution in [2.45, 2.75) is 39.0 Å². The molecule has 0 saturated heterocycles. The smallest absolute Gasteiger partial charge is 0.334 e. The molecule has 8 heteroatoms. The van der Waals surface area contributed by atoms with Gasteiger partial charge in [0.05, 0.1) is 30.3 Å². The number of hydrogen-bond acceptors (Lipinski definition) is 5. The first-order valence-corrected chi connectivity index (χ1v) is 13.3. The van der Waals surface area contributed by atoms with E-state index >= 15 is 0 Å². The molecule has 1 unspecified atom stereocenters. The normalized spacial score (nSPS) is 15.1. The minimum absolute atomic E-state index is 0.0369. The van der Waals surface area contributed by atoms with Gasteiger partial charge in [-0.3, -0.25) is 0 Å². The molecule has 7 nitrogen and oxygen atoms in total. The van der Waals surface area contributed by atoms with Crippen molar-refractivity contribution in [2.24, 2.45) is 0 Å². The Kier molecular flexibility index (Phi) is 9.42. The van der Waals surface area contributed by atoms with E-state index in [1.807, 2.05) is 60.7 Å². The Balaban J connectivity index is 1.55. The van der Waals surface area contributed by atoms with Gasteiger partial charge in [-0.1, -0.05) is 84.4 Å². The molecule has 1 aliphatic rings. The molecule has 0 amide bonds. The van der Waals surface area contributed by atoms with Crippen LogP contribution in [-0.4, -0.2) is 46.5 Å². The lowest BCUT2D eigenvalue weighted by molar-refractivity contribution is -0.134. The van der Waals surface area contributed by atoms with Gasteiger partial charge < -0.3 is 24.6 Å². The van der Waals surface area contributed by atoms with Crippen molar-refractivity contribution in [3.8, 4) is 0 Å². The predicted molar refractivity (Wildman–Crippen MR) is 153 cm³/mol. The minimum atomic E-state index is -1.21. The molecule has 1 heterocycles. The second kappa shape index (κ2) is 13.0. The molecule has 40 heavy (non-hydrogen) atoms. The number of halogens is 1. The molecule has 208 valence electrons. The summed E-state index contributed by atoms with van der Waals surface area (Å²) in [6.45, 7) is 5.57. The molecule has 0 spiro atoms. The minimum Gasteiger partial charge on any atom is -0.478 e. The number of rotatable bonds is 11. The lowest BCUT2D eigenvalue weighted by Gasteiger charge is -2.40. The van der Waals surface area contributed by atoms with E-state index < -0.39 is 24.1 Å². The first kappa shape index (κ1) is 29.1. The molecule has 0 aliphatic carbocycles. The van der Waals surface area contributed by atoms with Crippen LogP contribution in [0, 0.1) is 0 Å². The lowest BCUT2D eigenvalue weighted by Crippen LogP contribution is -2.40. The van der Waals surface area contributed by atoms with Gasteiger partial charge >= 0.3 is 11.9 Å². The highest BCUT2D eigenvalue weighted by atomic mass is 35.5. The van der Waals surface area contributed by atoms with Crippen molar-refractivity contribution in [1.82, 2.24) is 4.90 Å². The molecule has 0 bridgehead atoms. The Bertz CT molecular complexity index is 1340. The second-order valence-corrected chi connectivity index (χ2v) is 9.95. The molecule has 1 aliphatic heterocycles. The summed E-state index contributed by atoms with van der Waals surface area (Å²) in [7, 11) is 0. The van der Waals surface area contributed by atoms with E-state index in [2.05, 4.69) is 0 Å². The summed E-state index contributed by atoms with van der Waals surface area (Å²) >= 11 is 6.17. The second-order valence-electron chi connectivity index (χ2n) is 9.51. The van der Waals surface area contributed by atoms with E-state index in [9.17, 15) is 19.8 Å². The highest BCUT2D eigenvalue weighted by Crippen LogP contribution is 2.43. The van der Waals surface area contributed by atoms with Crippen molar-refractivity contribution >= 4 is 23.5 Å². The summed E-state index contributed by atoms with van der Waals surface area (Å²) in [5, 5.41) is 20.8. The van der Waals surface area contributed by atoms with E-state index in [4.69, 9.17) is 21.1 Å². The van der Waals surface area contributed by atoms with Gasteiger partial charge in [0.2, 0.25) is 0 Å². The monoisotopic (exact) mass is 561 g/mol. The Morgan fingerprint density at radius 2 is 1.30 bits per heavy atom. The van der Waals surface area contributed by atoms with E-state index in [1.54, 1.807) is 49.9 Å². The number of hydrogen-bond donors (Lipinski definition) is 2. The van der Waals surface area contributed by atoms with Crippen molar-refractivity contribution < 1.29 is 29.3 Å². The number of benzene rings is 3. The van der Waals surface area contributed by atoms with Crippen molar-refractivity contribution in [1.29, 1.82) is 0 Å². The molecule has 0 saturated carbocycles. The van der Waals surface area contributed by atoms with E-state index in [-0.39, 0.29) is 30.5 Å². The molecule has 0 fully saturated rings. The first-order valence-electron chi connectivity index (χ1n) is 13.0. The number of ether oxygens (including phenoxy) is 2. The number of aliphatic carboxylic acids is 2. The average molecular weight is 562 g/mol. The van der Waals surface area contributed by atoms with Gasteiger partial charge in [-0.15, -0.1) is 0 Å². The number of allylic oxidation sites excluding steroid dienone is 2. The zero-order valence-corrected chi connectivity index (χ0v) is 23.3. The summed E-state index contributed by atoms with van der Waals surface area (Å²) in [4.78, 5) is 26.6. The van der Waals surface area contributed by atoms with Crippen LogP contribution in [0.3, 0.4) is 0 Å². The Hall–Kier alpha value is -3.91. The lowest BCUT2D eigenvalue weighted by atomic mass is 9.79. The maximum Gasteiger partial charge on any atom is 0.334 e. The molecule has 0 aromatic heterocycles. The fourth-order valence-electron chi connectivity index (χ4n) is 5.29. The predicted octanol–water partition coefficient (Wildman–Crippen LogP) is 6.63. The van der Waals surface area contributed by atoms with Crippen molar-refractivity contribution in [3.05, 3.63) is 129 Å². The Morgan fingerprint density at radius 1 is 0.800 bits per heavy atom. The highest BCUT2D eigenvalue weighted by molar-refractivity contribution is 6.30. The van der Waals surface area contributed by atoms with Gasteiger partial charge in [0.1, 0.15) is 12.3 Å². The van der Waals surface area contributed by atoms with Crippen LogP contribution in [0.4, 0.5) is 0 Å². The fourth-order valence-corrected chi connectivity index (χ4v) is 5.49. The van der Waals surface area contributed by atoms with Crippen LogP contribution < -0.4 is 0 Å². The molecule has 3 aromatic carbocycles. The summed E-state index contributed by atoms with van der Waals surface area (Å²) in [6, 6.07) is 26.4. The Morgan fingerprint density at radius 3 is 1.77 bits per heavy atom. The van der Waals surface area contributed by atoms with Crippen LogP contribution in [-0.2, 0) is 19.1 Å². The van der Waals surface area contributed by atoms with Crippen LogP contribution in [0.1, 0.15) is 49.5 Å². The van der Waals surface area contributed by atoms with Crippen LogP contribution in [0.15, 0.2) is 107 Å². The third-order valence-electron chi connectivity index (χ3n) is 7.02. The van der Waals surface area contributed by atoms with Gasteiger partial charge in [0, 0.05) is 16.4 Å². The van der Waals surface area contributed by atoms with E-state index in [0.29, 0.717) is 22.0 Å². The van der Waals surface area contributed by atoms with E-state index in [0.717, 1.165) is 11.1 Å². The summed E-state index contributed by atoms with van der Waals surface area (Å²) in [5.74, 6) is -3.40. The summed E-state index contributed by atoms with van der Waals surface area (Å²) < 4.78 is 12.3. The van der Waals surface area contributed by atoms with Crippen LogP contribution in [0.5, 0.6) is 0 Å². The third-order valence-corrected chi connectivity index (χ3v) is 7.25. The molecular formula is C32H32ClNO6. The quantitative estimate of drug-likeness (QED) is 0.254. The van der Waals surface area contributed by atoms with Gasteiger partial charge in [-0.05, 0) is 49.6 Å². The highest BCUT2D eigenvalue weighted by Gasteiger charge is 2.40. The van der Waals surface area contributed by atoms with Gasteiger partial charge in [-0.25, -0.2) is 9.59 Å². The number of nitrogens with zero attached hydrogens (tertiary/aromatic N) is 1. The van der Waals surface area contributed by atoms with Crippen LogP contribution in [0.2, 0.25) is 5.02 Å². The first-order chi connectivity index (χ1) is 19.2. The van der Waals surface area contributed by atoms with Crippen molar-refractivity contribution in [2.75, 3.05) is 13.2 Å². The van der Waals surface area contributed by atoms with Gasteiger partial charge in [-0.2, -0.15) is 0 Å². The summed E-state index contributed by atoms with van der Waals surface area (Å²) in [5.41, 5.74) is 3.25. The number of carboxylic acids is 2. The maximum atomic E-state index is 12.5. The van der Waals surface area contributed by atoms with Gasteiger partial charge in [0.25, 0.3) is 0 Å². The SMILES string of the molecule is CC1=C(C(=O)O)C(c2cccc(Cl)c2)C(C(=O)O)=C(C)N1C(C)OCCOC(c1ccccc1)c1ccccc1. The van der Waals surface area contributed by atoms with Crippen LogP contribution in [0.25, 0.3) is 0 Å².